The second kappa shape index (κ2) is 4.14. The molecule has 0 aliphatic heterocycles. The maximum Gasteiger partial charge on any atom is 0.267 e. The monoisotopic (exact) mass is 220 g/mol. The lowest BCUT2D eigenvalue weighted by molar-refractivity contribution is 0.474. The zero-order valence-corrected chi connectivity index (χ0v) is 8.53. The molecule has 0 saturated heterocycles. The summed E-state index contributed by atoms with van der Waals surface area (Å²) in [7, 11) is 0. The molecule has 0 fully saturated rings. The van der Waals surface area contributed by atoms with Crippen LogP contribution in [-0.2, 0) is 0 Å². The standard InChI is InChI=1S/C11H9FN2O2/c1-7-4-8(2-3-10(7)12)16-9-5-11(15)14-13-6-9/h2-6H,1H3,(H,14,15). The number of ether oxygens (including phenoxy) is 1. The molecule has 16 heavy (non-hydrogen) atoms. The van der Waals surface area contributed by atoms with Gasteiger partial charge in [-0.05, 0) is 30.7 Å². The van der Waals surface area contributed by atoms with E-state index in [9.17, 15) is 9.18 Å². The Kier molecular flexibility index (Phi) is 2.68. The summed E-state index contributed by atoms with van der Waals surface area (Å²) in [5.41, 5.74) is 0.131. The number of benzene rings is 1. The van der Waals surface area contributed by atoms with Crippen molar-refractivity contribution in [1.82, 2.24) is 10.2 Å². The van der Waals surface area contributed by atoms with Crippen molar-refractivity contribution < 1.29 is 9.13 Å². The molecule has 5 heteroatoms. The van der Waals surface area contributed by atoms with Gasteiger partial charge in [-0.1, -0.05) is 0 Å². The minimum atomic E-state index is -0.351. The van der Waals surface area contributed by atoms with Crippen LogP contribution in [0.5, 0.6) is 11.5 Å². The van der Waals surface area contributed by atoms with E-state index in [4.69, 9.17) is 4.74 Å². The van der Waals surface area contributed by atoms with Gasteiger partial charge in [0.05, 0.1) is 6.20 Å². The zero-order chi connectivity index (χ0) is 11.5. The van der Waals surface area contributed by atoms with Crippen LogP contribution in [0.1, 0.15) is 5.56 Å². The number of halogens is 1. The van der Waals surface area contributed by atoms with E-state index in [1.165, 1.54) is 24.4 Å². The first-order chi connectivity index (χ1) is 7.65. The summed E-state index contributed by atoms with van der Waals surface area (Å²) >= 11 is 0. The van der Waals surface area contributed by atoms with Crippen molar-refractivity contribution >= 4 is 0 Å². The maximum absolute atomic E-state index is 13.0. The molecular weight excluding hydrogens is 211 g/mol. The molecule has 2 rings (SSSR count). The van der Waals surface area contributed by atoms with Gasteiger partial charge in [0, 0.05) is 6.07 Å². The minimum absolute atomic E-state index is 0.295. The molecule has 0 bridgehead atoms. The summed E-state index contributed by atoms with van der Waals surface area (Å²) in [6, 6.07) is 5.62. The van der Waals surface area contributed by atoms with E-state index in [0.717, 1.165) is 0 Å². The Morgan fingerprint density at radius 3 is 2.81 bits per heavy atom. The van der Waals surface area contributed by atoms with Crippen LogP contribution in [0, 0.1) is 12.7 Å². The number of hydrogen-bond donors (Lipinski definition) is 1. The van der Waals surface area contributed by atoms with Gasteiger partial charge in [-0.15, -0.1) is 0 Å². The van der Waals surface area contributed by atoms with Gasteiger partial charge in [0.1, 0.15) is 11.6 Å². The predicted molar refractivity (Wildman–Crippen MR) is 56.1 cm³/mol. The van der Waals surface area contributed by atoms with Crippen molar-refractivity contribution in [1.29, 1.82) is 0 Å². The van der Waals surface area contributed by atoms with E-state index in [-0.39, 0.29) is 11.4 Å². The molecule has 1 aromatic heterocycles. The van der Waals surface area contributed by atoms with E-state index < -0.39 is 0 Å². The number of H-pyrrole nitrogens is 1. The molecule has 82 valence electrons. The number of rotatable bonds is 2. The fourth-order valence-corrected chi connectivity index (χ4v) is 1.23. The van der Waals surface area contributed by atoms with Crippen LogP contribution < -0.4 is 10.3 Å². The van der Waals surface area contributed by atoms with Crippen LogP contribution in [0.15, 0.2) is 35.3 Å². The molecule has 0 aliphatic carbocycles. The molecule has 0 atom stereocenters. The van der Waals surface area contributed by atoms with Gasteiger partial charge in [-0.25, -0.2) is 9.49 Å². The molecule has 0 amide bonds. The highest BCUT2D eigenvalue weighted by Gasteiger charge is 2.02. The third kappa shape index (κ3) is 2.25. The number of hydrogen-bond acceptors (Lipinski definition) is 3. The molecule has 2 aromatic rings. The average molecular weight is 220 g/mol. The second-order valence-electron chi connectivity index (χ2n) is 3.29. The lowest BCUT2D eigenvalue weighted by Gasteiger charge is -2.05. The normalized spacial score (nSPS) is 10.1. The number of nitrogens with one attached hydrogen (secondary N) is 1. The summed E-state index contributed by atoms with van der Waals surface area (Å²) in [5, 5.41) is 5.82. The van der Waals surface area contributed by atoms with Crippen LogP contribution in [0.2, 0.25) is 0 Å². The largest absolute Gasteiger partial charge is 0.455 e. The number of aryl methyl sites for hydroxylation is 1. The highest BCUT2D eigenvalue weighted by Crippen LogP contribution is 2.21. The van der Waals surface area contributed by atoms with Gasteiger partial charge in [0.25, 0.3) is 5.56 Å². The Hall–Kier alpha value is -2.17. The van der Waals surface area contributed by atoms with Crippen LogP contribution in [0.3, 0.4) is 0 Å². The van der Waals surface area contributed by atoms with Crippen LogP contribution in [-0.4, -0.2) is 10.2 Å². The first-order valence-electron chi connectivity index (χ1n) is 4.64. The smallest absolute Gasteiger partial charge is 0.267 e. The van der Waals surface area contributed by atoms with Crippen LogP contribution in [0.25, 0.3) is 0 Å². The van der Waals surface area contributed by atoms with Crippen molar-refractivity contribution in [2.75, 3.05) is 0 Å². The van der Waals surface area contributed by atoms with Crippen molar-refractivity contribution in [3.05, 3.63) is 52.2 Å². The van der Waals surface area contributed by atoms with Gasteiger partial charge < -0.3 is 4.74 Å². The van der Waals surface area contributed by atoms with Gasteiger partial charge in [0.15, 0.2) is 5.75 Å². The molecule has 0 aliphatic rings. The van der Waals surface area contributed by atoms with E-state index in [2.05, 4.69) is 10.2 Å². The molecule has 0 saturated carbocycles. The van der Waals surface area contributed by atoms with E-state index >= 15 is 0 Å². The highest BCUT2D eigenvalue weighted by molar-refractivity contribution is 5.32. The zero-order valence-electron chi connectivity index (χ0n) is 8.53. The lowest BCUT2D eigenvalue weighted by Crippen LogP contribution is -2.05. The van der Waals surface area contributed by atoms with Gasteiger partial charge in [0.2, 0.25) is 0 Å². The number of nitrogens with zero attached hydrogens (tertiary/aromatic N) is 1. The fourth-order valence-electron chi connectivity index (χ4n) is 1.23. The number of aromatic amines is 1. The minimum Gasteiger partial charge on any atom is -0.455 e. The predicted octanol–water partition coefficient (Wildman–Crippen LogP) is 2.01. The molecule has 0 radical (unpaired) electrons. The topological polar surface area (TPSA) is 55.0 Å². The summed E-state index contributed by atoms with van der Waals surface area (Å²) in [5.74, 6) is 0.484. The Bertz CT molecular complexity index is 566. The molecule has 0 unspecified atom stereocenters. The summed E-state index contributed by atoms with van der Waals surface area (Å²) < 4.78 is 18.3. The average Bonchev–Trinajstić information content (AvgIpc) is 2.24. The Balaban J connectivity index is 2.27. The third-order valence-electron chi connectivity index (χ3n) is 2.00. The quantitative estimate of drug-likeness (QED) is 0.842. The fraction of sp³-hybridized carbons (Fsp3) is 0.0909. The van der Waals surface area contributed by atoms with E-state index in [0.29, 0.717) is 17.1 Å². The van der Waals surface area contributed by atoms with E-state index in [1.807, 2.05) is 0 Å². The molecule has 1 aromatic carbocycles. The van der Waals surface area contributed by atoms with Crippen molar-refractivity contribution in [2.45, 2.75) is 6.92 Å². The third-order valence-corrected chi connectivity index (χ3v) is 2.00. The van der Waals surface area contributed by atoms with Crippen LogP contribution in [0.4, 0.5) is 4.39 Å². The summed E-state index contributed by atoms with van der Waals surface area (Å²) in [6.07, 6.45) is 1.38. The van der Waals surface area contributed by atoms with Gasteiger partial charge in [-0.3, -0.25) is 4.79 Å². The Morgan fingerprint density at radius 2 is 2.12 bits per heavy atom. The molecule has 1 heterocycles. The molecule has 0 spiro atoms. The first kappa shape index (κ1) is 10.4. The molecule has 1 N–H and O–H groups in total. The second-order valence-corrected chi connectivity index (χ2v) is 3.29. The first-order valence-corrected chi connectivity index (χ1v) is 4.64. The van der Waals surface area contributed by atoms with E-state index in [1.54, 1.807) is 13.0 Å². The van der Waals surface area contributed by atoms with Crippen molar-refractivity contribution in [3.8, 4) is 11.5 Å². The summed E-state index contributed by atoms with van der Waals surface area (Å²) in [4.78, 5) is 10.9. The SMILES string of the molecule is Cc1cc(Oc2cn[nH]c(=O)c2)ccc1F. The molecular formula is C11H9FN2O2. The van der Waals surface area contributed by atoms with Gasteiger partial charge >= 0.3 is 0 Å². The van der Waals surface area contributed by atoms with Gasteiger partial charge in [-0.2, -0.15) is 5.10 Å². The van der Waals surface area contributed by atoms with Crippen molar-refractivity contribution in [2.24, 2.45) is 0 Å². The lowest BCUT2D eigenvalue weighted by atomic mass is 10.2. The van der Waals surface area contributed by atoms with Crippen LogP contribution >= 0.6 is 0 Å². The number of aromatic nitrogens is 2. The Morgan fingerprint density at radius 1 is 1.31 bits per heavy atom. The summed E-state index contributed by atoms with van der Waals surface area (Å²) in [6.45, 7) is 1.64. The Labute approximate surface area is 90.7 Å². The van der Waals surface area contributed by atoms with Crippen molar-refractivity contribution in [3.63, 3.8) is 0 Å². The maximum atomic E-state index is 13.0. The highest BCUT2D eigenvalue weighted by atomic mass is 19.1. The molecule has 4 nitrogen and oxygen atoms in total.